The average Bonchev–Trinajstić information content (AvgIpc) is 2.66. The quantitative estimate of drug-likeness (QED) is 0.717. The van der Waals surface area contributed by atoms with Gasteiger partial charge in [0.1, 0.15) is 0 Å². The monoisotopic (exact) mass is 199 g/mol. The van der Waals surface area contributed by atoms with Gasteiger partial charge in [-0.15, -0.1) is 0 Å². The number of nitrogens with one attached hydrogen (secondary N) is 1. The molecule has 1 atom stereocenters. The summed E-state index contributed by atoms with van der Waals surface area (Å²) >= 11 is 0. The van der Waals surface area contributed by atoms with Gasteiger partial charge in [-0.1, -0.05) is 26.7 Å². The van der Waals surface area contributed by atoms with Gasteiger partial charge in [-0.25, -0.2) is 0 Å². The van der Waals surface area contributed by atoms with Crippen molar-refractivity contribution in [3.8, 4) is 0 Å². The molecule has 1 aliphatic rings. The lowest BCUT2D eigenvalue weighted by atomic mass is 9.98. The normalized spacial score (nSPS) is 20.0. The molecule has 0 radical (unpaired) electrons. The second-order valence-corrected chi connectivity index (χ2v) is 4.50. The van der Waals surface area contributed by atoms with Crippen molar-refractivity contribution in [2.75, 3.05) is 6.61 Å². The third kappa shape index (κ3) is 2.98. The molecule has 3 nitrogen and oxygen atoms in total. The molecule has 1 saturated carbocycles. The van der Waals surface area contributed by atoms with Crippen molar-refractivity contribution in [3.05, 3.63) is 0 Å². The first-order valence-electron chi connectivity index (χ1n) is 5.56. The number of amides is 1. The van der Waals surface area contributed by atoms with E-state index in [1.54, 1.807) is 0 Å². The van der Waals surface area contributed by atoms with Crippen LogP contribution in [-0.2, 0) is 4.79 Å². The van der Waals surface area contributed by atoms with E-state index in [1.807, 2.05) is 13.8 Å². The number of carbonyl (C=O) groups is 1. The Morgan fingerprint density at radius 1 is 1.43 bits per heavy atom. The maximum Gasteiger partial charge on any atom is 0.222 e. The highest BCUT2D eigenvalue weighted by Gasteiger charge is 2.26. The van der Waals surface area contributed by atoms with Gasteiger partial charge in [0.25, 0.3) is 0 Å². The Labute approximate surface area is 85.9 Å². The number of carbonyl (C=O) groups excluding carboxylic acids is 1. The van der Waals surface area contributed by atoms with Gasteiger partial charge in [0.15, 0.2) is 0 Å². The Morgan fingerprint density at radius 3 is 2.43 bits per heavy atom. The molecule has 0 spiro atoms. The average molecular weight is 199 g/mol. The summed E-state index contributed by atoms with van der Waals surface area (Å²) in [7, 11) is 0. The Hall–Kier alpha value is -0.570. The van der Waals surface area contributed by atoms with Crippen LogP contribution in [0.15, 0.2) is 0 Å². The summed E-state index contributed by atoms with van der Waals surface area (Å²) in [6.07, 6.45) is 4.75. The number of rotatable bonds is 4. The maximum atomic E-state index is 11.4. The van der Waals surface area contributed by atoms with E-state index in [0.29, 0.717) is 5.92 Å². The van der Waals surface area contributed by atoms with Crippen LogP contribution in [0.1, 0.15) is 39.5 Å². The van der Waals surface area contributed by atoms with Crippen molar-refractivity contribution in [1.82, 2.24) is 5.32 Å². The Balaban J connectivity index is 2.41. The Bertz CT molecular complexity index is 186. The molecule has 0 heterocycles. The highest BCUT2D eigenvalue weighted by molar-refractivity contribution is 5.78. The van der Waals surface area contributed by atoms with Crippen LogP contribution in [0.2, 0.25) is 0 Å². The van der Waals surface area contributed by atoms with E-state index in [9.17, 15) is 9.90 Å². The van der Waals surface area contributed by atoms with Crippen molar-refractivity contribution in [1.29, 1.82) is 0 Å². The number of aliphatic hydroxyl groups is 1. The molecule has 82 valence electrons. The zero-order valence-electron chi connectivity index (χ0n) is 9.12. The molecule has 1 rings (SSSR count). The SMILES string of the molecule is CC(C)C(=O)NC(CO)C1CCCC1. The van der Waals surface area contributed by atoms with E-state index < -0.39 is 0 Å². The summed E-state index contributed by atoms with van der Waals surface area (Å²) < 4.78 is 0. The molecule has 1 aliphatic carbocycles. The first kappa shape index (κ1) is 11.5. The second-order valence-electron chi connectivity index (χ2n) is 4.50. The third-order valence-corrected chi connectivity index (χ3v) is 3.02. The van der Waals surface area contributed by atoms with E-state index in [2.05, 4.69) is 5.32 Å². The smallest absolute Gasteiger partial charge is 0.222 e. The summed E-state index contributed by atoms with van der Waals surface area (Å²) in [5.74, 6) is 0.545. The highest BCUT2D eigenvalue weighted by atomic mass is 16.3. The zero-order chi connectivity index (χ0) is 10.6. The number of aliphatic hydroxyl groups excluding tert-OH is 1. The number of hydrogen-bond donors (Lipinski definition) is 2. The van der Waals surface area contributed by atoms with Crippen molar-refractivity contribution < 1.29 is 9.90 Å². The summed E-state index contributed by atoms with van der Waals surface area (Å²) in [5, 5.41) is 12.1. The first-order chi connectivity index (χ1) is 6.65. The Kier molecular flexibility index (Phi) is 4.39. The molecule has 1 amide bonds. The van der Waals surface area contributed by atoms with Crippen LogP contribution in [0.4, 0.5) is 0 Å². The minimum Gasteiger partial charge on any atom is -0.394 e. The summed E-state index contributed by atoms with van der Waals surface area (Å²) in [6.45, 7) is 3.82. The van der Waals surface area contributed by atoms with Crippen LogP contribution in [0.5, 0.6) is 0 Å². The maximum absolute atomic E-state index is 11.4. The molecule has 14 heavy (non-hydrogen) atoms. The summed E-state index contributed by atoms with van der Waals surface area (Å²) in [5.41, 5.74) is 0. The van der Waals surface area contributed by atoms with Gasteiger partial charge in [-0.3, -0.25) is 4.79 Å². The molecule has 1 unspecified atom stereocenters. The molecule has 2 N–H and O–H groups in total. The number of hydrogen-bond acceptors (Lipinski definition) is 2. The molecule has 0 aliphatic heterocycles. The highest BCUT2D eigenvalue weighted by Crippen LogP contribution is 2.27. The summed E-state index contributed by atoms with van der Waals surface area (Å²) in [6, 6.07) is -0.0209. The molecule has 3 heteroatoms. The van der Waals surface area contributed by atoms with E-state index in [1.165, 1.54) is 12.8 Å². The van der Waals surface area contributed by atoms with E-state index in [-0.39, 0.29) is 24.5 Å². The predicted octanol–water partition coefficient (Wildman–Crippen LogP) is 1.31. The van der Waals surface area contributed by atoms with Crippen LogP contribution < -0.4 is 5.32 Å². The largest absolute Gasteiger partial charge is 0.394 e. The molecule has 0 bridgehead atoms. The first-order valence-corrected chi connectivity index (χ1v) is 5.56. The molecule has 0 aromatic rings. The lowest BCUT2D eigenvalue weighted by Gasteiger charge is -2.23. The van der Waals surface area contributed by atoms with Gasteiger partial charge in [0, 0.05) is 5.92 Å². The second kappa shape index (κ2) is 5.35. The van der Waals surface area contributed by atoms with Gasteiger partial charge in [-0.05, 0) is 18.8 Å². The lowest BCUT2D eigenvalue weighted by molar-refractivity contribution is -0.125. The molecular formula is C11H21NO2. The van der Waals surface area contributed by atoms with Crippen LogP contribution >= 0.6 is 0 Å². The van der Waals surface area contributed by atoms with Crippen LogP contribution in [0, 0.1) is 11.8 Å². The minimum absolute atomic E-state index is 0.00505. The molecular weight excluding hydrogens is 178 g/mol. The van der Waals surface area contributed by atoms with E-state index in [0.717, 1.165) is 12.8 Å². The predicted molar refractivity (Wildman–Crippen MR) is 55.8 cm³/mol. The fourth-order valence-electron chi connectivity index (χ4n) is 2.02. The van der Waals surface area contributed by atoms with E-state index in [4.69, 9.17) is 0 Å². The van der Waals surface area contributed by atoms with Gasteiger partial charge in [0.05, 0.1) is 12.6 Å². The fraction of sp³-hybridized carbons (Fsp3) is 0.909. The van der Waals surface area contributed by atoms with Crippen molar-refractivity contribution in [2.45, 2.75) is 45.6 Å². The van der Waals surface area contributed by atoms with Crippen LogP contribution in [-0.4, -0.2) is 23.7 Å². The molecule has 0 aromatic heterocycles. The van der Waals surface area contributed by atoms with Gasteiger partial charge in [0.2, 0.25) is 5.91 Å². The molecule has 0 aromatic carbocycles. The van der Waals surface area contributed by atoms with Gasteiger partial charge < -0.3 is 10.4 Å². The zero-order valence-corrected chi connectivity index (χ0v) is 9.12. The minimum atomic E-state index is -0.0209. The molecule has 1 fully saturated rings. The van der Waals surface area contributed by atoms with Gasteiger partial charge in [-0.2, -0.15) is 0 Å². The Morgan fingerprint density at radius 2 is 2.00 bits per heavy atom. The lowest BCUT2D eigenvalue weighted by Crippen LogP contribution is -2.43. The standard InChI is InChI=1S/C11H21NO2/c1-8(2)11(14)12-10(7-13)9-5-3-4-6-9/h8-10,13H,3-7H2,1-2H3,(H,12,14). The van der Waals surface area contributed by atoms with E-state index >= 15 is 0 Å². The van der Waals surface area contributed by atoms with Crippen LogP contribution in [0.3, 0.4) is 0 Å². The topological polar surface area (TPSA) is 49.3 Å². The third-order valence-electron chi connectivity index (χ3n) is 3.02. The molecule has 0 saturated heterocycles. The van der Waals surface area contributed by atoms with Crippen molar-refractivity contribution >= 4 is 5.91 Å². The summed E-state index contributed by atoms with van der Waals surface area (Å²) in [4.78, 5) is 11.4. The fourth-order valence-corrected chi connectivity index (χ4v) is 2.02. The van der Waals surface area contributed by atoms with Crippen molar-refractivity contribution in [3.63, 3.8) is 0 Å². The van der Waals surface area contributed by atoms with Crippen molar-refractivity contribution in [2.24, 2.45) is 11.8 Å². The van der Waals surface area contributed by atoms with Crippen LogP contribution in [0.25, 0.3) is 0 Å². The van der Waals surface area contributed by atoms with Gasteiger partial charge >= 0.3 is 0 Å².